The van der Waals surface area contributed by atoms with Gasteiger partial charge in [-0.2, -0.15) is 15.3 Å². The quantitative estimate of drug-likeness (QED) is 0.385. The van der Waals surface area contributed by atoms with E-state index < -0.39 is 0 Å². The average molecular weight is 411 g/mol. The molecule has 0 radical (unpaired) electrons. The zero-order valence-electron chi connectivity index (χ0n) is 16.9. The van der Waals surface area contributed by atoms with Crippen molar-refractivity contribution < 1.29 is 4.79 Å². The highest BCUT2D eigenvalue weighted by Gasteiger charge is 2.17. The maximum Gasteiger partial charge on any atom is 0.276 e. The van der Waals surface area contributed by atoms with Crippen LogP contribution in [0, 0.1) is 0 Å². The number of rotatable bonds is 6. The molecule has 0 aliphatic rings. The lowest BCUT2D eigenvalue weighted by Crippen LogP contribution is -2.13. The highest BCUT2D eigenvalue weighted by atomic mass is 16.2. The summed E-state index contributed by atoms with van der Waals surface area (Å²) in [5.41, 5.74) is 4.90. The molecule has 0 spiro atoms. The van der Waals surface area contributed by atoms with E-state index in [0.717, 1.165) is 28.5 Å². The first-order valence-electron chi connectivity index (χ1n) is 10.1. The average Bonchev–Trinajstić information content (AvgIpc) is 3.56. The van der Waals surface area contributed by atoms with Crippen molar-refractivity contribution in [3.8, 4) is 11.1 Å². The van der Waals surface area contributed by atoms with Gasteiger partial charge in [-0.3, -0.25) is 19.7 Å². The van der Waals surface area contributed by atoms with Crippen LogP contribution in [0.5, 0.6) is 0 Å². The molecule has 31 heavy (non-hydrogen) atoms. The molecule has 8 nitrogen and oxygen atoms in total. The zero-order valence-corrected chi connectivity index (χ0v) is 16.9. The van der Waals surface area contributed by atoms with Crippen molar-refractivity contribution in [3.05, 3.63) is 84.6 Å². The smallest absolute Gasteiger partial charge is 0.276 e. The van der Waals surface area contributed by atoms with Crippen molar-refractivity contribution in [2.24, 2.45) is 0 Å². The van der Waals surface area contributed by atoms with Crippen molar-refractivity contribution in [2.45, 2.75) is 19.4 Å². The van der Waals surface area contributed by atoms with Crippen molar-refractivity contribution >= 4 is 22.5 Å². The number of nitrogens with one attached hydrogen (secondary N) is 3. The van der Waals surface area contributed by atoms with Crippen molar-refractivity contribution in [3.63, 3.8) is 0 Å². The van der Waals surface area contributed by atoms with Crippen LogP contribution >= 0.6 is 0 Å². The molecule has 8 heteroatoms. The fourth-order valence-electron chi connectivity index (χ4n) is 3.80. The maximum absolute atomic E-state index is 12.9. The number of aromatic nitrogens is 6. The summed E-state index contributed by atoms with van der Waals surface area (Å²) in [6.45, 7) is 2.12. The Morgan fingerprint density at radius 2 is 2.00 bits per heavy atom. The fourth-order valence-corrected chi connectivity index (χ4v) is 3.80. The van der Waals surface area contributed by atoms with Crippen LogP contribution in [0.3, 0.4) is 0 Å². The summed E-state index contributed by atoms with van der Waals surface area (Å²) >= 11 is 0. The van der Waals surface area contributed by atoms with Gasteiger partial charge in [-0.25, -0.2) is 0 Å². The molecule has 1 atom stereocenters. The van der Waals surface area contributed by atoms with E-state index in [2.05, 4.69) is 49.9 Å². The number of carbonyl (C=O) groups excluding carboxylic acids is 1. The van der Waals surface area contributed by atoms with Gasteiger partial charge in [0.15, 0.2) is 5.69 Å². The van der Waals surface area contributed by atoms with Gasteiger partial charge < -0.3 is 5.32 Å². The number of benzene rings is 2. The highest BCUT2D eigenvalue weighted by Crippen LogP contribution is 2.26. The molecule has 0 aliphatic heterocycles. The number of fused-ring (bicyclic) bond motifs is 1. The zero-order chi connectivity index (χ0) is 21.2. The molecule has 3 heterocycles. The van der Waals surface area contributed by atoms with Crippen LogP contribution in [-0.4, -0.2) is 36.1 Å². The summed E-state index contributed by atoms with van der Waals surface area (Å²) in [7, 11) is 0. The van der Waals surface area contributed by atoms with E-state index in [-0.39, 0.29) is 11.9 Å². The third-order valence-corrected chi connectivity index (χ3v) is 5.36. The molecule has 0 aliphatic carbocycles. The van der Waals surface area contributed by atoms with E-state index in [1.165, 1.54) is 5.56 Å². The fraction of sp³-hybridized carbons (Fsp3) is 0.130. The Morgan fingerprint density at radius 1 is 1.13 bits per heavy atom. The topological polar surface area (TPSA) is 104 Å². The summed E-state index contributed by atoms with van der Waals surface area (Å²) in [5, 5.41) is 22.1. The molecule has 5 rings (SSSR count). The summed E-state index contributed by atoms with van der Waals surface area (Å²) in [6, 6.07) is 16.1. The lowest BCUT2D eigenvalue weighted by molar-refractivity contribution is 0.102. The molecule has 0 saturated carbocycles. The highest BCUT2D eigenvalue weighted by molar-refractivity contribution is 6.11. The Balaban J connectivity index is 1.36. The van der Waals surface area contributed by atoms with Crippen LogP contribution in [0.4, 0.5) is 5.69 Å². The number of aromatic amines is 2. The minimum absolute atomic E-state index is 0.111. The van der Waals surface area contributed by atoms with Gasteiger partial charge in [-0.15, -0.1) is 0 Å². The van der Waals surface area contributed by atoms with Crippen LogP contribution in [-0.2, 0) is 0 Å². The third-order valence-electron chi connectivity index (χ3n) is 5.36. The molecule has 1 unspecified atom stereocenters. The molecular formula is C23H21N7O. The van der Waals surface area contributed by atoms with Crippen LogP contribution in [0.2, 0.25) is 0 Å². The largest absolute Gasteiger partial charge is 0.318 e. The lowest BCUT2D eigenvalue weighted by atomic mass is 10.1. The van der Waals surface area contributed by atoms with Gasteiger partial charge in [0.05, 0.1) is 29.6 Å². The SMILES string of the molecule is CCC(c1ccccc1)n1cc(NC(=O)c2n[nH]c3cc(-c4cn[nH]c4)ccc23)cn1. The number of H-pyrrole nitrogens is 2. The second kappa shape index (κ2) is 7.91. The minimum Gasteiger partial charge on any atom is -0.318 e. The van der Waals surface area contributed by atoms with Crippen molar-refractivity contribution in [2.75, 3.05) is 5.32 Å². The predicted octanol–water partition coefficient (Wildman–Crippen LogP) is 4.40. The summed E-state index contributed by atoms with van der Waals surface area (Å²) in [6.07, 6.45) is 7.98. The Bertz CT molecular complexity index is 1320. The summed E-state index contributed by atoms with van der Waals surface area (Å²) in [5.74, 6) is -0.283. The van der Waals surface area contributed by atoms with E-state index >= 15 is 0 Å². The standard InChI is InChI=1S/C23H21N7O/c1-2-21(15-6-4-3-5-7-15)30-14-18(13-26-30)27-23(31)22-19-9-8-16(10-20(19)28-29-22)17-11-24-25-12-17/h3-14,21H,2H2,1H3,(H,24,25)(H,27,31)(H,28,29). The van der Waals surface area contributed by atoms with E-state index in [9.17, 15) is 4.79 Å². The molecular weight excluding hydrogens is 390 g/mol. The molecule has 3 aromatic heterocycles. The third kappa shape index (κ3) is 3.59. The second-order valence-corrected chi connectivity index (χ2v) is 7.32. The van der Waals surface area contributed by atoms with Gasteiger partial charge in [-0.05, 0) is 29.7 Å². The number of nitrogens with zero attached hydrogens (tertiary/aromatic N) is 4. The number of hydrogen-bond acceptors (Lipinski definition) is 4. The van der Waals surface area contributed by atoms with Crippen molar-refractivity contribution in [1.82, 2.24) is 30.2 Å². The molecule has 0 bridgehead atoms. The van der Waals surface area contributed by atoms with Gasteiger partial charge in [0.25, 0.3) is 5.91 Å². The lowest BCUT2D eigenvalue weighted by Gasteiger charge is -2.15. The molecule has 0 fully saturated rings. The van der Waals surface area contributed by atoms with Crippen LogP contribution < -0.4 is 5.32 Å². The van der Waals surface area contributed by atoms with Crippen LogP contribution in [0.15, 0.2) is 73.3 Å². The monoisotopic (exact) mass is 411 g/mol. The molecule has 154 valence electrons. The van der Waals surface area contributed by atoms with E-state index in [4.69, 9.17) is 0 Å². The Morgan fingerprint density at radius 3 is 2.77 bits per heavy atom. The first-order valence-corrected chi connectivity index (χ1v) is 10.1. The predicted molar refractivity (Wildman–Crippen MR) is 119 cm³/mol. The second-order valence-electron chi connectivity index (χ2n) is 7.32. The van der Waals surface area contributed by atoms with Gasteiger partial charge in [0, 0.05) is 23.3 Å². The molecule has 2 aromatic carbocycles. The molecule has 1 amide bonds. The Hall–Kier alpha value is -4.20. The Kier molecular flexibility index (Phi) is 4.80. The van der Waals surface area contributed by atoms with Crippen LogP contribution in [0.25, 0.3) is 22.0 Å². The first kappa shape index (κ1) is 18.8. The maximum atomic E-state index is 12.9. The van der Waals surface area contributed by atoms with Gasteiger partial charge in [0.2, 0.25) is 0 Å². The van der Waals surface area contributed by atoms with Gasteiger partial charge >= 0.3 is 0 Å². The molecule has 5 aromatic rings. The van der Waals surface area contributed by atoms with Gasteiger partial charge in [-0.1, -0.05) is 43.3 Å². The normalized spacial score (nSPS) is 12.2. The van der Waals surface area contributed by atoms with E-state index in [1.807, 2.05) is 53.5 Å². The van der Waals surface area contributed by atoms with Gasteiger partial charge in [0.1, 0.15) is 0 Å². The van der Waals surface area contributed by atoms with E-state index in [1.54, 1.807) is 12.4 Å². The van der Waals surface area contributed by atoms with Crippen LogP contribution in [0.1, 0.15) is 35.4 Å². The first-order chi connectivity index (χ1) is 15.2. The number of amides is 1. The summed E-state index contributed by atoms with van der Waals surface area (Å²) < 4.78 is 1.88. The summed E-state index contributed by atoms with van der Waals surface area (Å²) in [4.78, 5) is 12.9. The molecule has 0 saturated heterocycles. The van der Waals surface area contributed by atoms with E-state index in [0.29, 0.717) is 11.4 Å². The number of anilines is 1. The molecule has 3 N–H and O–H groups in total. The Labute approximate surface area is 178 Å². The van der Waals surface area contributed by atoms with Crippen molar-refractivity contribution in [1.29, 1.82) is 0 Å². The number of hydrogen-bond donors (Lipinski definition) is 3. The number of carbonyl (C=O) groups is 1. The minimum atomic E-state index is -0.283.